The van der Waals surface area contributed by atoms with Crippen molar-refractivity contribution in [3.63, 3.8) is 0 Å². The van der Waals surface area contributed by atoms with Crippen molar-refractivity contribution >= 4 is 58.0 Å². The predicted molar refractivity (Wildman–Crippen MR) is 172 cm³/mol. The Morgan fingerprint density at radius 1 is 0.907 bits per heavy atom. The van der Waals surface area contributed by atoms with Crippen molar-refractivity contribution in [1.29, 1.82) is 0 Å². The largest absolute Gasteiger partial charge is 0.497 e. The predicted octanol–water partition coefficient (Wildman–Crippen LogP) is 5.53. The summed E-state index contributed by atoms with van der Waals surface area (Å²) in [4.78, 5) is 41.1. The van der Waals surface area contributed by atoms with Crippen molar-refractivity contribution in [2.45, 2.75) is 6.92 Å². The molecule has 0 bridgehead atoms. The smallest absolute Gasteiger partial charge is 0.336 e. The first kappa shape index (κ1) is 29.6. The first-order chi connectivity index (χ1) is 20.7. The van der Waals surface area contributed by atoms with Crippen LogP contribution in [0.2, 0.25) is 0 Å². The third-order valence-corrected chi connectivity index (χ3v) is 8.07. The van der Waals surface area contributed by atoms with E-state index in [4.69, 9.17) is 26.4 Å². The highest BCUT2D eigenvalue weighted by molar-refractivity contribution is 8.27. The number of nitrogens with zero attached hydrogens (tertiary/aromatic N) is 3. The Morgan fingerprint density at radius 2 is 1.60 bits per heavy atom. The minimum atomic E-state index is -0.581. The fourth-order valence-corrected chi connectivity index (χ4v) is 5.77. The minimum absolute atomic E-state index is 0.208. The summed E-state index contributed by atoms with van der Waals surface area (Å²) in [5.41, 5.74) is 2.56. The third-order valence-electron chi connectivity index (χ3n) is 6.76. The van der Waals surface area contributed by atoms with Crippen LogP contribution in [0.15, 0.2) is 88.6 Å². The molecule has 0 saturated carbocycles. The molecule has 1 aliphatic heterocycles. The summed E-state index contributed by atoms with van der Waals surface area (Å²) >= 11 is 6.65. The molecule has 0 atom stereocenters. The molecule has 0 radical (unpaired) electrons. The van der Waals surface area contributed by atoms with Crippen LogP contribution in [0.25, 0.3) is 17.8 Å². The molecule has 11 heteroatoms. The molecule has 0 unspecified atom stereocenters. The van der Waals surface area contributed by atoms with Crippen LogP contribution in [-0.2, 0) is 16.6 Å². The molecule has 43 heavy (non-hydrogen) atoms. The van der Waals surface area contributed by atoms with Crippen molar-refractivity contribution in [3.8, 4) is 22.9 Å². The van der Waals surface area contributed by atoms with Crippen LogP contribution in [0.5, 0.6) is 17.2 Å². The highest BCUT2D eigenvalue weighted by Gasteiger charge is 2.37. The number of esters is 1. The van der Waals surface area contributed by atoms with E-state index in [1.807, 2.05) is 42.5 Å². The molecular weight excluding hydrogens is 587 g/mol. The van der Waals surface area contributed by atoms with Gasteiger partial charge in [0.2, 0.25) is 0 Å². The van der Waals surface area contributed by atoms with Crippen molar-refractivity contribution in [1.82, 2.24) is 9.36 Å². The number of aromatic nitrogens is 2. The third kappa shape index (κ3) is 6.04. The lowest BCUT2D eigenvalue weighted by Crippen LogP contribution is -2.33. The normalized spacial score (nSPS) is 14.1. The van der Waals surface area contributed by atoms with Crippen LogP contribution < -0.4 is 24.7 Å². The maximum atomic E-state index is 13.6. The zero-order chi connectivity index (χ0) is 30.7. The summed E-state index contributed by atoms with van der Waals surface area (Å²) < 4.78 is 19.5. The van der Waals surface area contributed by atoms with E-state index >= 15 is 0 Å². The van der Waals surface area contributed by atoms with Gasteiger partial charge in [-0.25, -0.2) is 9.48 Å². The standard InChI is InChI=1S/C32H27N3O6S2/c1-20-29(31(38)35(33(20)2)23-8-6-5-7-9-23)34-30(37)27(43-32(34)42)19-22-12-16-25(26(18-22)40-4)41-28(36)17-13-21-10-14-24(39-3)15-11-21/h5-19H,1-4H3. The molecule has 2 heterocycles. The molecule has 5 rings (SSSR count). The molecule has 4 aromatic rings. The lowest BCUT2D eigenvalue weighted by molar-refractivity contribution is -0.129. The van der Waals surface area contributed by atoms with E-state index in [-0.39, 0.29) is 21.3 Å². The fourth-order valence-electron chi connectivity index (χ4n) is 4.50. The van der Waals surface area contributed by atoms with Crippen molar-refractivity contribution < 1.29 is 23.8 Å². The first-order valence-corrected chi connectivity index (χ1v) is 14.3. The van der Waals surface area contributed by atoms with Crippen LogP contribution in [0.4, 0.5) is 5.69 Å². The average molecular weight is 614 g/mol. The van der Waals surface area contributed by atoms with Gasteiger partial charge in [-0.2, -0.15) is 0 Å². The molecule has 218 valence electrons. The number of benzene rings is 3. The summed E-state index contributed by atoms with van der Waals surface area (Å²) in [6.45, 7) is 1.77. The van der Waals surface area contributed by atoms with E-state index in [0.29, 0.717) is 33.3 Å². The second-order valence-corrected chi connectivity index (χ2v) is 11.0. The van der Waals surface area contributed by atoms with E-state index in [1.54, 1.807) is 68.2 Å². The average Bonchev–Trinajstić information content (AvgIpc) is 3.41. The summed E-state index contributed by atoms with van der Waals surface area (Å²) in [6.07, 6.45) is 4.61. The van der Waals surface area contributed by atoms with Crippen molar-refractivity contribution in [2.75, 3.05) is 19.1 Å². The Kier molecular flexibility index (Phi) is 8.65. The molecule has 0 N–H and O–H groups in total. The van der Waals surface area contributed by atoms with Gasteiger partial charge >= 0.3 is 5.97 Å². The van der Waals surface area contributed by atoms with Gasteiger partial charge in [-0.05, 0) is 66.6 Å². The number of carbonyl (C=O) groups excluding carboxylic acids is 2. The summed E-state index contributed by atoms with van der Waals surface area (Å²) in [7, 11) is 4.80. The van der Waals surface area contributed by atoms with Crippen molar-refractivity contribution in [3.05, 3.63) is 111 Å². The Bertz CT molecular complexity index is 1840. The molecule has 0 spiro atoms. The Balaban J connectivity index is 1.36. The molecule has 3 aromatic carbocycles. The number of hydrogen-bond donors (Lipinski definition) is 0. The number of thiocarbonyl (C=S) groups is 1. The van der Waals surface area contributed by atoms with Gasteiger partial charge in [0, 0.05) is 13.1 Å². The minimum Gasteiger partial charge on any atom is -0.497 e. The second-order valence-electron chi connectivity index (χ2n) is 9.37. The van der Waals surface area contributed by atoms with Crippen LogP contribution in [0, 0.1) is 6.92 Å². The maximum absolute atomic E-state index is 13.6. The van der Waals surface area contributed by atoms with Gasteiger partial charge in [0.25, 0.3) is 11.5 Å². The number of thioether (sulfide) groups is 1. The maximum Gasteiger partial charge on any atom is 0.336 e. The zero-order valence-corrected chi connectivity index (χ0v) is 25.4. The summed E-state index contributed by atoms with van der Waals surface area (Å²) in [5.74, 6) is 0.257. The van der Waals surface area contributed by atoms with Crippen molar-refractivity contribution in [2.24, 2.45) is 7.05 Å². The Hall–Kier alpha value is -4.87. The number of para-hydroxylation sites is 1. The lowest BCUT2D eigenvalue weighted by atomic mass is 10.1. The van der Waals surface area contributed by atoms with E-state index in [0.717, 1.165) is 17.3 Å². The fraction of sp³-hybridized carbons (Fsp3) is 0.125. The number of methoxy groups -OCH3 is 2. The molecule has 1 fully saturated rings. The van der Waals surface area contributed by atoms with E-state index < -0.39 is 11.9 Å². The summed E-state index contributed by atoms with van der Waals surface area (Å²) in [5, 5.41) is 0. The number of anilines is 1. The van der Waals surface area contributed by atoms with Crippen LogP contribution in [0.3, 0.4) is 0 Å². The van der Waals surface area contributed by atoms with Gasteiger partial charge < -0.3 is 14.2 Å². The number of amides is 1. The van der Waals surface area contributed by atoms with Gasteiger partial charge in [-0.3, -0.25) is 19.2 Å². The molecule has 9 nitrogen and oxygen atoms in total. The van der Waals surface area contributed by atoms with Gasteiger partial charge in [0.1, 0.15) is 11.4 Å². The summed E-state index contributed by atoms with van der Waals surface area (Å²) in [6, 6.07) is 21.3. The first-order valence-electron chi connectivity index (χ1n) is 13.1. The van der Waals surface area contributed by atoms with Crippen LogP contribution in [-0.4, -0.2) is 39.8 Å². The Labute approximate surface area is 257 Å². The quantitative estimate of drug-likeness (QED) is 0.111. The van der Waals surface area contributed by atoms with Gasteiger partial charge in [-0.15, -0.1) is 0 Å². The lowest BCUT2D eigenvalue weighted by Gasteiger charge is -2.12. The number of rotatable bonds is 8. The van der Waals surface area contributed by atoms with Gasteiger partial charge in [0.15, 0.2) is 15.8 Å². The van der Waals surface area contributed by atoms with Gasteiger partial charge in [0.05, 0.1) is 30.5 Å². The highest BCUT2D eigenvalue weighted by Crippen LogP contribution is 2.37. The SMILES string of the molecule is COc1ccc(C=CC(=O)Oc2ccc(C=C3SC(=S)N(c4c(C)n(C)n(-c5ccccc5)c4=O)C3=O)cc2OC)cc1. The van der Waals surface area contributed by atoms with E-state index in [9.17, 15) is 14.4 Å². The molecule has 0 aliphatic carbocycles. The number of carbonyl (C=O) groups is 2. The monoisotopic (exact) mass is 613 g/mol. The van der Waals surface area contributed by atoms with E-state index in [1.165, 1.54) is 22.8 Å². The number of ether oxygens (including phenoxy) is 3. The zero-order valence-electron chi connectivity index (χ0n) is 23.8. The molecule has 1 aromatic heterocycles. The molecular formula is C32H27N3O6S2. The number of hydrogen-bond acceptors (Lipinski definition) is 8. The van der Waals surface area contributed by atoms with Gasteiger partial charge in [-0.1, -0.05) is 60.4 Å². The van der Waals surface area contributed by atoms with Crippen LogP contribution in [0.1, 0.15) is 16.8 Å². The Morgan fingerprint density at radius 3 is 2.28 bits per heavy atom. The second kappa shape index (κ2) is 12.6. The molecule has 1 aliphatic rings. The van der Waals surface area contributed by atoms with Crippen LogP contribution >= 0.6 is 24.0 Å². The molecule has 1 amide bonds. The van der Waals surface area contributed by atoms with E-state index in [2.05, 4.69) is 0 Å². The molecule has 1 saturated heterocycles. The topological polar surface area (TPSA) is 92.0 Å². The highest BCUT2D eigenvalue weighted by atomic mass is 32.2.